The number of hydrogen-bond acceptors (Lipinski definition) is 6. The number of rotatable bonds is 7. The van der Waals surface area contributed by atoms with E-state index in [1.165, 1.54) is 7.11 Å². The lowest BCUT2D eigenvalue weighted by molar-refractivity contribution is -0.145. The number of ether oxygens (including phenoxy) is 1. The van der Waals surface area contributed by atoms with E-state index in [1.54, 1.807) is 24.3 Å². The van der Waals surface area contributed by atoms with Crippen LogP contribution in [0, 0.1) is 0 Å². The van der Waals surface area contributed by atoms with E-state index < -0.39 is 17.9 Å². The van der Waals surface area contributed by atoms with Crippen LogP contribution in [0.4, 0.5) is 0 Å². The fourth-order valence-electron chi connectivity index (χ4n) is 2.61. The Hall–Kier alpha value is -3.26. The third-order valence-electron chi connectivity index (χ3n) is 3.96. The molecule has 1 aromatic heterocycles. The Morgan fingerprint density at radius 3 is 2.57 bits per heavy atom. The molecule has 1 heterocycles. The zero-order valence-electron chi connectivity index (χ0n) is 15.1. The van der Waals surface area contributed by atoms with Gasteiger partial charge in [0.15, 0.2) is 0 Å². The fraction of sp³-hybridized carbons (Fsp3) is 0.211. The summed E-state index contributed by atoms with van der Waals surface area (Å²) < 4.78 is 4.79. The van der Waals surface area contributed by atoms with E-state index in [-0.39, 0.29) is 6.54 Å². The predicted molar refractivity (Wildman–Crippen MR) is 102 cm³/mol. The molecule has 28 heavy (non-hydrogen) atoms. The quantitative estimate of drug-likeness (QED) is 0.609. The summed E-state index contributed by atoms with van der Waals surface area (Å²) in [7, 11) is 1.28. The molecule has 1 atom stereocenters. The van der Waals surface area contributed by atoms with Gasteiger partial charge in [-0.2, -0.15) is 4.80 Å². The molecule has 0 bridgehead atoms. The number of carbonyl (C=O) groups excluding carboxylic acids is 2. The third kappa shape index (κ3) is 4.92. The zero-order chi connectivity index (χ0) is 19.9. The second kappa shape index (κ2) is 9.09. The summed E-state index contributed by atoms with van der Waals surface area (Å²) in [5.74, 6) is -0.651. The second-order valence-corrected chi connectivity index (χ2v) is 6.36. The van der Waals surface area contributed by atoms with Gasteiger partial charge in [0.25, 0.3) is 0 Å². The summed E-state index contributed by atoms with van der Waals surface area (Å²) in [5, 5.41) is 15.1. The first kappa shape index (κ1) is 19.5. The number of carbonyl (C=O) groups is 2. The van der Waals surface area contributed by atoms with Crippen molar-refractivity contribution in [2.75, 3.05) is 7.11 Å². The van der Waals surface area contributed by atoms with Crippen LogP contribution < -0.4 is 5.32 Å². The number of hydrogen-bond donors (Lipinski definition) is 1. The fourth-order valence-corrected chi connectivity index (χ4v) is 2.83. The zero-order valence-corrected chi connectivity index (χ0v) is 15.8. The Balaban J connectivity index is 1.66. The van der Waals surface area contributed by atoms with E-state index in [2.05, 4.69) is 20.7 Å². The number of nitrogens with one attached hydrogen (secondary N) is 1. The first-order chi connectivity index (χ1) is 13.6. The van der Waals surface area contributed by atoms with E-state index in [4.69, 9.17) is 16.3 Å². The molecule has 0 saturated heterocycles. The summed E-state index contributed by atoms with van der Waals surface area (Å²) in [6.07, 6.45) is 0.314. The molecule has 0 radical (unpaired) electrons. The highest BCUT2D eigenvalue weighted by atomic mass is 35.5. The van der Waals surface area contributed by atoms with Gasteiger partial charge >= 0.3 is 5.97 Å². The van der Waals surface area contributed by atoms with E-state index in [0.29, 0.717) is 22.8 Å². The van der Waals surface area contributed by atoms with Crippen molar-refractivity contribution in [3.63, 3.8) is 0 Å². The monoisotopic (exact) mass is 399 g/mol. The van der Waals surface area contributed by atoms with Gasteiger partial charge in [-0.25, -0.2) is 4.79 Å². The second-order valence-electron chi connectivity index (χ2n) is 5.96. The van der Waals surface area contributed by atoms with Crippen molar-refractivity contribution in [3.05, 3.63) is 65.2 Å². The maximum absolute atomic E-state index is 12.4. The molecule has 3 aromatic rings. The minimum atomic E-state index is -0.813. The molecule has 0 spiro atoms. The largest absolute Gasteiger partial charge is 0.467 e. The number of amides is 1. The van der Waals surface area contributed by atoms with Crippen LogP contribution in [0.25, 0.3) is 11.4 Å². The molecule has 9 heteroatoms. The molecule has 0 saturated carbocycles. The molecule has 0 aliphatic rings. The van der Waals surface area contributed by atoms with Gasteiger partial charge in [0.1, 0.15) is 12.6 Å². The van der Waals surface area contributed by atoms with E-state index in [1.807, 2.05) is 30.3 Å². The van der Waals surface area contributed by atoms with Gasteiger partial charge in [-0.3, -0.25) is 4.79 Å². The Kier molecular flexibility index (Phi) is 6.33. The summed E-state index contributed by atoms with van der Waals surface area (Å²) in [6, 6.07) is 15.6. The summed E-state index contributed by atoms with van der Waals surface area (Å²) >= 11 is 6.12. The average molecular weight is 400 g/mol. The summed E-state index contributed by atoms with van der Waals surface area (Å²) in [5.41, 5.74) is 1.52. The number of aromatic nitrogens is 4. The van der Waals surface area contributed by atoms with Crippen LogP contribution in [0.2, 0.25) is 5.02 Å². The Morgan fingerprint density at radius 1 is 1.14 bits per heavy atom. The minimum absolute atomic E-state index is 0.195. The highest BCUT2D eigenvalue weighted by Crippen LogP contribution is 2.23. The van der Waals surface area contributed by atoms with Crippen LogP contribution in [0.15, 0.2) is 54.6 Å². The molecular formula is C19H18ClN5O3. The summed E-state index contributed by atoms with van der Waals surface area (Å²) in [4.78, 5) is 25.5. The standard InChI is InChI=1S/C19H18ClN5O3/c1-28-19(27)16(11-13-7-3-2-4-8-13)21-17(26)12-25-23-18(22-24-25)14-9-5-6-10-15(14)20/h2-10,16H,11-12H2,1H3,(H,21,26)/t16-/m1/s1. The molecule has 0 aliphatic carbocycles. The molecule has 144 valence electrons. The van der Waals surface area contributed by atoms with Crippen LogP contribution in [0.5, 0.6) is 0 Å². The van der Waals surface area contributed by atoms with Gasteiger partial charge < -0.3 is 10.1 Å². The molecule has 2 aromatic carbocycles. The van der Waals surface area contributed by atoms with Crippen molar-refractivity contribution in [1.29, 1.82) is 0 Å². The van der Waals surface area contributed by atoms with Gasteiger partial charge in [0.2, 0.25) is 11.7 Å². The molecule has 0 fully saturated rings. The maximum atomic E-state index is 12.4. The molecular weight excluding hydrogens is 382 g/mol. The first-order valence-corrected chi connectivity index (χ1v) is 8.88. The van der Waals surface area contributed by atoms with Crippen molar-refractivity contribution < 1.29 is 14.3 Å². The maximum Gasteiger partial charge on any atom is 0.328 e. The smallest absolute Gasteiger partial charge is 0.328 e. The van der Waals surface area contributed by atoms with E-state index in [9.17, 15) is 9.59 Å². The van der Waals surface area contributed by atoms with Crippen LogP contribution in [-0.2, 0) is 27.3 Å². The highest BCUT2D eigenvalue weighted by Gasteiger charge is 2.22. The molecule has 1 N–H and O–H groups in total. The molecule has 1 amide bonds. The van der Waals surface area contributed by atoms with Crippen LogP contribution >= 0.6 is 11.6 Å². The first-order valence-electron chi connectivity index (χ1n) is 8.50. The van der Waals surface area contributed by atoms with E-state index >= 15 is 0 Å². The Bertz CT molecular complexity index is 961. The Labute approximate surface area is 166 Å². The van der Waals surface area contributed by atoms with Crippen molar-refractivity contribution in [2.24, 2.45) is 0 Å². The predicted octanol–water partition coefficient (Wildman–Crippen LogP) is 1.89. The third-order valence-corrected chi connectivity index (χ3v) is 4.29. The molecule has 3 rings (SSSR count). The number of benzene rings is 2. The average Bonchev–Trinajstić information content (AvgIpc) is 3.16. The number of methoxy groups -OCH3 is 1. The number of nitrogens with zero attached hydrogens (tertiary/aromatic N) is 4. The van der Waals surface area contributed by atoms with Crippen molar-refractivity contribution in [1.82, 2.24) is 25.5 Å². The lowest BCUT2D eigenvalue weighted by atomic mass is 10.1. The SMILES string of the molecule is COC(=O)[C@@H](Cc1ccccc1)NC(=O)Cn1nnc(-c2ccccc2Cl)n1. The van der Waals surface area contributed by atoms with Gasteiger partial charge in [-0.15, -0.1) is 10.2 Å². The number of halogens is 1. The van der Waals surface area contributed by atoms with Crippen LogP contribution in [-0.4, -0.2) is 45.2 Å². The molecule has 8 nitrogen and oxygen atoms in total. The van der Waals surface area contributed by atoms with Gasteiger partial charge in [0, 0.05) is 12.0 Å². The minimum Gasteiger partial charge on any atom is -0.467 e. The van der Waals surface area contributed by atoms with Crippen molar-refractivity contribution in [2.45, 2.75) is 19.0 Å². The van der Waals surface area contributed by atoms with Crippen LogP contribution in [0.1, 0.15) is 5.56 Å². The van der Waals surface area contributed by atoms with Crippen LogP contribution in [0.3, 0.4) is 0 Å². The van der Waals surface area contributed by atoms with Gasteiger partial charge in [0.05, 0.1) is 12.1 Å². The van der Waals surface area contributed by atoms with Gasteiger partial charge in [-0.05, 0) is 22.9 Å². The highest BCUT2D eigenvalue weighted by molar-refractivity contribution is 6.33. The number of esters is 1. The molecule has 0 unspecified atom stereocenters. The normalized spacial score (nSPS) is 11.6. The topological polar surface area (TPSA) is 99.0 Å². The summed E-state index contributed by atoms with van der Waals surface area (Å²) in [6.45, 7) is -0.195. The van der Waals surface area contributed by atoms with E-state index in [0.717, 1.165) is 10.4 Å². The number of tetrazole rings is 1. The van der Waals surface area contributed by atoms with Crippen molar-refractivity contribution >= 4 is 23.5 Å². The molecule has 0 aliphatic heterocycles. The Morgan fingerprint density at radius 2 is 1.86 bits per heavy atom. The van der Waals surface area contributed by atoms with Crippen molar-refractivity contribution in [3.8, 4) is 11.4 Å². The lowest BCUT2D eigenvalue weighted by Gasteiger charge is -2.16. The lowest BCUT2D eigenvalue weighted by Crippen LogP contribution is -2.44. The van der Waals surface area contributed by atoms with Gasteiger partial charge in [-0.1, -0.05) is 54.1 Å².